The fraction of sp³-hybridized carbons (Fsp3) is 0.316. The molecule has 27 heavy (non-hydrogen) atoms. The average Bonchev–Trinajstić information content (AvgIpc) is 3.05. The van der Waals surface area contributed by atoms with Gasteiger partial charge in [-0.1, -0.05) is 0 Å². The molecule has 7 nitrogen and oxygen atoms in total. The number of aromatic nitrogens is 3. The second-order valence-electron chi connectivity index (χ2n) is 6.90. The minimum Gasteiger partial charge on any atom is -0.495 e. The average molecular weight is 371 g/mol. The topological polar surface area (TPSA) is 94.5 Å². The Labute approximate surface area is 156 Å². The van der Waals surface area contributed by atoms with E-state index in [1.165, 1.54) is 20.0 Å². The van der Waals surface area contributed by atoms with Crippen molar-refractivity contribution in [1.82, 2.24) is 14.6 Å². The molecule has 3 aromatic rings. The van der Waals surface area contributed by atoms with Gasteiger partial charge in [0.25, 0.3) is 5.91 Å². The SMILES string of the molecule is COc1cncc(-c2cc3c(NC(C)C(C)(C)F)c(C(N)=O)cnn3c2)c1. The van der Waals surface area contributed by atoms with E-state index in [2.05, 4.69) is 15.4 Å². The van der Waals surface area contributed by atoms with Gasteiger partial charge in [0.2, 0.25) is 0 Å². The number of nitrogens with zero attached hydrogens (tertiary/aromatic N) is 3. The van der Waals surface area contributed by atoms with Crippen molar-refractivity contribution in [1.29, 1.82) is 0 Å². The first-order valence-electron chi connectivity index (χ1n) is 8.46. The third-order valence-electron chi connectivity index (χ3n) is 4.58. The lowest BCUT2D eigenvalue weighted by atomic mass is 10.0. The quantitative estimate of drug-likeness (QED) is 0.694. The molecular weight excluding hydrogens is 349 g/mol. The summed E-state index contributed by atoms with van der Waals surface area (Å²) in [5.41, 5.74) is 6.90. The minimum atomic E-state index is -1.50. The smallest absolute Gasteiger partial charge is 0.252 e. The highest BCUT2D eigenvalue weighted by Crippen LogP contribution is 2.31. The Hall–Kier alpha value is -3.16. The van der Waals surface area contributed by atoms with Crippen molar-refractivity contribution < 1.29 is 13.9 Å². The molecule has 3 aromatic heterocycles. The van der Waals surface area contributed by atoms with Crippen molar-refractivity contribution in [2.24, 2.45) is 5.73 Å². The van der Waals surface area contributed by atoms with Gasteiger partial charge in [0.05, 0.1) is 42.3 Å². The van der Waals surface area contributed by atoms with Crippen LogP contribution in [0.3, 0.4) is 0 Å². The largest absolute Gasteiger partial charge is 0.495 e. The molecular formula is C19H22FN5O2. The van der Waals surface area contributed by atoms with Gasteiger partial charge < -0.3 is 15.8 Å². The number of halogens is 1. The summed E-state index contributed by atoms with van der Waals surface area (Å²) >= 11 is 0. The summed E-state index contributed by atoms with van der Waals surface area (Å²) in [6, 6.07) is 3.13. The summed E-state index contributed by atoms with van der Waals surface area (Å²) < 4.78 is 21.2. The van der Waals surface area contributed by atoms with Gasteiger partial charge in [-0.25, -0.2) is 8.91 Å². The van der Waals surface area contributed by atoms with Crippen LogP contribution in [-0.2, 0) is 0 Å². The Morgan fingerprint density at radius 3 is 2.67 bits per heavy atom. The second-order valence-corrected chi connectivity index (χ2v) is 6.90. The summed E-state index contributed by atoms with van der Waals surface area (Å²) in [4.78, 5) is 16.0. The number of hydrogen-bond acceptors (Lipinski definition) is 5. The molecule has 142 valence electrons. The Morgan fingerprint density at radius 2 is 2.04 bits per heavy atom. The summed E-state index contributed by atoms with van der Waals surface area (Å²) in [6.45, 7) is 4.65. The zero-order valence-electron chi connectivity index (χ0n) is 15.7. The molecule has 0 radical (unpaired) electrons. The number of rotatable bonds is 6. The van der Waals surface area contributed by atoms with Crippen LogP contribution in [0.5, 0.6) is 5.75 Å². The van der Waals surface area contributed by atoms with E-state index in [0.717, 1.165) is 11.1 Å². The molecule has 3 rings (SSSR count). The van der Waals surface area contributed by atoms with Gasteiger partial charge in [0, 0.05) is 23.5 Å². The molecule has 3 N–H and O–H groups in total. The zero-order chi connectivity index (χ0) is 19.8. The maximum absolute atomic E-state index is 14.3. The van der Waals surface area contributed by atoms with E-state index in [4.69, 9.17) is 10.5 Å². The number of alkyl halides is 1. The maximum atomic E-state index is 14.3. The predicted molar refractivity (Wildman–Crippen MR) is 102 cm³/mol. The number of anilines is 1. The third kappa shape index (κ3) is 3.69. The van der Waals surface area contributed by atoms with Crippen LogP contribution in [0.1, 0.15) is 31.1 Å². The fourth-order valence-electron chi connectivity index (χ4n) is 2.63. The van der Waals surface area contributed by atoms with Crippen molar-refractivity contribution in [3.63, 3.8) is 0 Å². The molecule has 1 atom stereocenters. The normalized spacial score (nSPS) is 12.8. The predicted octanol–water partition coefficient (Wildman–Crippen LogP) is 3.05. The molecule has 0 aliphatic rings. The van der Waals surface area contributed by atoms with Crippen molar-refractivity contribution in [2.45, 2.75) is 32.5 Å². The lowest BCUT2D eigenvalue weighted by Gasteiger charge is -2.26. The van der Waals surface area contributed by atoms with Crippen molar-refractivity contribution >= 4 is 17.1 Å². The first-order valence-corrected chi connectivity index (χ1v) is 8.46. The number of carbonyl (C=O) groups excluding carboxylic acids is 1. The molecule has 0 aliphatic carbocycles. The van der Waals surface area contributed by atoms with Crippen LogP contribution < -0.4 is 15.8 Å². The number of ether oxygens (including phenoxy) is 1. The van der Waals surface area contributed by atoms with Gasteiger partial charge in [0.1, 0.15) is 11.4 Å². The number of amides is 1. The van der Waals surface area contributed by atoms with Gasteiger partial charge in [-0.2, -0.15) is 5.10 Å². The number of nitrogens with two attached hydrogens (primary N) is 1. The molecule has 0 spiro atoms. The van der Waals surface area contributed by atoms with E-state index in [-0.39, 0.29) is 5.56 Å². The van der Waals surface area contributed by atoms with E-state index < -0.39 is 17.6 Å². The molecule has 0 bridgehead atoms. The van der Waals surface area contributed by atoms with E-state index in [1.807, 2.05) is 12.1 Å². The molecule has 0 saturated carbocycles. The molecule has 8 heteroatoms. The lowest BCUT2D eigenvalue weighted by molar-refractivity contribution is 0.1000. The second kappa shape index (κ2) is 6.86. The van der Waals surface area contributed by atoms with Crippen LogP contribution in [0.2, 0.25) is 0 Å². The highest BCUT2D eigenvalue weighted by Gasteiger charge is 2.27. The Balaban J connectivity index is 2.15. The molecule has 3 heterocycles. The molecule has 1 amide bonds. The Morgan fingerprint density at radius 1 is 1.30 bits per heavy atom. The molecule has 1 unspecified atom stereocenters. The number of nitrogens with one attached hydrogen (secondary N) is 1. The summed E-state index contributed by atoms with van der Waals surface area (Å²) in [5, 5.41) is 7.34. The lowest BCUT2D eigenvalue weighted by Crippen LogP contribution is -2.36. The number of carbonyl (C=O) groups is 1. The van der Waals surface area contributed by atoms with E-state index in [1.54, 1.807) is 37.1 Å². The number of fused-ring (bicyclic) bond motifs is 1. The van der Waals surface area contributed by atoms with Crippen LogP contribution in [0.4, 0.5) is 10.1 Å². The highest BCUT2D eigenvalue weighted by molar-refractivity contribution is 6.02. The molecule has 0 saturated heterocycles. The number of methoxy groups -OCH3 is 1. The zero-order valence-corrected chi connectivity index (χ0v) is 15.7. The van der Waals surface area contributed by atoms with Crippen LogP contribution in [-0.4, -0.2) is 39.3 Å². The number of primary amides is 1. The van der Waals surface area contributed by atoms with Crippen LogP contribution in [0, 0.1) is 0 Å². The van der Waals surface area contributed by atoms with Gasteiger partial charge >= 0.3 is 0 Å². The Kier molecular flexibility index (Phi) is 4.73. The van der Waals surface area contributed by atoms with Gasteiger partial charge in [0.15, 0.2) is 0 Å². The number of hydrogen-bond donors (Lipinski definition) is 2. The monoisotopic (exact) mass is 371 g/mol. The Bertz CT molecular complexity index is 993. The summed E-state index contributed by atoms with van der Waals surface area (Å²) in [6.07, 6.45) is 6.49. The van der Waals surface area contributed by atoms with Gasteiger partial charge in [-0.3, -0.25) is 9.78 Å². The van der Waals surface area contributed by atoms with Crippen LogP contribution in [0.15, 0.2) is 36.9 Å². The van der Waals surface area contributed by atoms with Crippen molar-refractivity contribution in [2.75, 3.05) is 12.4 Å². The molecule has 0 aliphatic heterocycles. The summed E-state index contributed by atoms with van der Waals surface area (Å²) in [5.74, 6) is -0.0122. The standard InChI is InChI=1S/C19H22FN5O2/c1-11(19(2,3)20)24-17-15(18(21)26)9-23-25-10-13(6-16(17)25)12-5-14(27-4)8-22-7-12/h5-11,24H,1-4H3,(H2,21,26). The minimum absolute atomic E-state index is 0.201. The van der Waals surface area contributed by atoms with E-state index >= 15 is 0 Å². The maximum Gasteiger partial charge on any atom is 0.252 e. The third-order valence-corrected chi connectivity index (χ3v) is 4.58. The molecule has 0 aromatic carbocycles. The fourth-order valence-corrected chi connectivity index (χ4v) is 2.63. The van der Waals surface area contributed by atoms with E-state index in [0.29, 0.717) is 17.0 Å². The highest BCUT2D eigenvalue weighted by atomic mass is 19.1. The van der Waals surface area contributed by atoms with Crippen molar-refractivity contribution in [3.05, 3.63) is 42.5 Å². The van der Waals surface area contributed by atoms with Crippen LogP contribution in [0.25, 0.3) is 16.6 Å². The van der Waals surface area contributed by atoms with Crippen molar-refractivity contribution in [3.8, 4) is 16.9 Å². The van der Waals surface area contributed by atoms with E-state index in [9.17, 15) is 9.18 Å². The van der Waals surface area contributed by atoms with Gasteiger partial charge in [-0.05, 0) is 32.9 Å². The molecule has 0 fully saturated rings. The number of pyridine rings is 1. The first kappa shape index (κ1) is 18.6. The summed E-state index contributed by atoms with van der Waals surface area (Å²) in [7, 11) is 1.57. The van der Waals surface area contributed by atoms with Crippen LogP contribution >= 0.6 is 0 Å². The van der Waals surface area contributed by atoms with Gasteiger partial charge in [-0.15, -0.1) is 0 Å². The first-order chi connectivity index (χ1) is 12.7.